The normalized spacial score (nSPS) is 17.0. The molecule has 4 nitrogen and oxygen atoms in total. The maximum Gasteiger partial charge on any atom is 0.329 e. The first-order valence-corrected chi connectivity index (χ1v) is 8.37. The van der Waals surface area contributed by atoms with Crippen LogP contribution in [-0.2, 0) is 9.53 Å². The molecule has 1 fully saturated rings. The quantitative estimate of drug-likeness (QED) is 0.785. The molecule has 0 amide bonds. The summed E-state index contributed by atoms with van der Waals surface area (Å²) in [5.41, 5.74) is 1.29. The van der Waals surface area contributed by atoms with E-state index in [0.717, 1.165) is 38.2 Å². The van der Waals surface area contributed by atoms with Crippen molar-refractivity contribution in [3.8, 4) is 0 Å². The third-order valence-corrected chi connectivity index (χ3v) is 4.67. The molecule has 1 aliphatic rings. The Balaban J connectivity index is 1.60. The van der Waals surface area contributed by atoms with Crippen molar-refractivity contribution in [2.75, 3.05) is 32.0 Å². The molecule has 0 atom stereocenters. The summed E-state index contributed by atoms with van der Waals surface area (Å²) in [5.74, 6) is 0.205. The zero-order valence-electron chi connectivity index (χ0n) is 12.5. The first kappa shape index (κ1) is 16.3. The lowest BCUT2D eigenvalue weighted by atomic mass is 10.1. The standard InChI is InChI=1S/C16H23NO3S/c1-13-2-4-15(5-3-13)21-11-10-17-8-6-14(7-9-17)20-12-16(18)19/h2-5,14H,6-12H2,1H3,(H,18,19). The van der Waals surface area contributed by atoms with E-state index in [0.29, 0.717) is 0 Å². The fourth-order valence-corrected chi connectivity index (χ4v) is 3.33. The van der Waals surface area contributed by atoms with E-state index >= 15 is 0 Å². The van der Waals surface area contributed by atoms with Crippen LogP contribution in [0, 0.1) is 6.92 Å². The number of thioether (sulfide) groups is 1. The van der Waals surface area contributed by atoms with Crippen molar-refractivity contribution < 1.29 is 14.6 Å². The van der Waals surface area contributed by atoms with Crippen LogP contribution in [0.25, 0.3) is 0 Å². The molecule has 5 heteroatoms. The first-order valence-electron chi connectivity index (χ1n) is 7.39. The molecule has 0 aliphatic carbocycles. The highest BCUT2D eigenvalue weighted by molar-refractivity contribution is 7.99. The maximum absolute atomic E-state index is 10.5. The minimum absolute atomic E-state index is 0.113. The average Bonchev–Trinajstić information content (AvgIpc) is 2.48. The van der Waals surface area contributed by atoms with Crippen LogP contribution < -0.4 is 0 Å². The van der Waals surface area contributed by atoms with Crippen LogP contribution >= 0.6 is 11.8 Å². The van der Waals surface area contributed by atoms with E-state index in [9.17, 15) is 4.79 Å². The van der Waals surface area contributed by atoms with Crippen molar-refractivity contribution in [3.05, 3.63) is 29.8 Å². The van der Waals surface area contributed by atoms with Gasteiger partial charge in [-0.2, -0.15) is 0 Å². The number of hydrogen-bond donors (Lipinski definition) is 1. The second kappa shape index (κ2) is 8.41. The molecule has 1 aliphatic heterocycles. The number of aliphatic carboxylic acids is 1. The molecule has 0 spiro atoms. The monoisotopic (exact) mass is 309 g/mol. The molecular weight excluding hydrogens is 286 g/mol. The second-order valence-electron chi connectivity index (χ2n) is 5.41. The topological polar surface area (TPSA) is 49.8 Å². The number of carboxylic acids is 1. The summed E-state index contributed by atoms with van der Waals surface area (Å²) in [6.45, 7) is 5.00. The van der Waals surface area contributed by atoms with E-state index in [1.807, 2.05) is 11.8 Å². The molecule has 0 saturated carbocycles. The molecule has 1 saturated heterocycles. The average molecular weight is 309 g/mol. The zero-order valence-corrected chi connectivity index (χ0v) is 13.3. The van der Waals surface area contributed by atoms with Gasteiger partial charge in [0.25, 0.3) is 0 Å². The Morgan fingerprint density at radius 2 is 2.00 bits per heavy atom. The van der Waals surface area contributed by atoms with E-state index in [2.05, 4.69) is 36.1 Å². The van der Waals surface area contributed by atoms with Crippen molar-refractivity contribution in [2.24, 2.45) is 0 Å². The number of hydrogen-bond acceptors (Lipinski definition) is 4. The number of benzene rings is 1. The van der Waals surface area contributed by atoms with E-state index < -0.39 is 5.97 Å². The van der Waals surface area contributed by atoms with E-state index in [1.165, 1.54) is 10.5 Å². The SMILES string of the molecule is Cc1ccc(SCCN2CCC(OCC(=O)O)CC2)cc1. The second-order valence-corrected chi connectivity index (χ2v) is 6.58. The predicted molar refractivity (Wildman–Crippen MR) is 85.0 cm³/mol. The lowest BCUT2D eigenvalue weighted by Gasteiger charge is -2.31. The summed E-state index contributed by atoms with van der Waals surface area (Å²) in [6, 6.07) is 8.64. The number of aryl methyl sites for hydroxylation is 1. The maximum atomic E-state index is 10.5. The van der Waals surface area contributed by atoms with Crippen molar-refractivity contribution in [1.29, 1.82) is 0 Å². The van der Waals surface area contributed by atoms with Crippen LogP contribution in [0.1, 0.15) is 18.4 Å². The van der Waals surface area contributed by atoms with E-state index in [1.54, 1.807) is 0 Å². The van der Waals surface area contributed by atoms with Gasteiger partial charge in [-0.05, 0) is 31.9 Å². The van der Waals surface area contributed by atoms with Crippen LogP contribution in [0.15, 0.2) is 29.2 Å². The van der Waals surface area contributed by atoms with Gasteiger partial charge in [0.05, 0.1) is 6.10 Å². The lowest BCUT2D eigenvalue weighted by Crippen LogP contribution is -2.38. The fraction of sp³-hybridized carbons (Fsp3) is 0.562. The Labute approximate surface area is 130 Å². The van der Waals surface area contributed by atoms with Crippen molar-refractivity contribution >= 4 is 17.7 Å². The van der Waals surface area contributed by atoms with Gasteiger partial charge in [0.2, 0.25) is 0 Å². The lowest BCUT2D eigenvalue weighted by molar-refractivity contribution is -0.145. The molecular formula is C16H23NO3S. The van der Waals surface area contributed by atoms with E-state index in [-0.39, 0.29) is 12.7 Å². The van der Waals surface area contributed by atoms with Gasteiger partial charge in [-0.3, -0.25) is 0 Å². The number of nitrogens with zero attached hydrogens (tertiary/aromatic N) is 1. The molecule has 0 aromatic heterocycles. The Morgan fingerprint density at radius 3 is 2.62 bits per heavy atom. The highest BCUT2D eigenvalue weighted by atomic mass is 32.2. The fourth-order valence-electron chi connectivity index (χ4n) is 2.42. The number of rotatable bonds is 7. The zero-order chi connectivity index (χ0) is 15.1. The van der Waals surface area contributed by atoms with E-state index in [4.69, 9.17) is 9.84 Å². The minimum atomic E-state index is -0.882. The van der Waals surface area contributed by atoms with Gasteiger partial charge in [0.1, 0.15) is 6.61 Å². The minimum Gasteiger partial charge on any atom is -0.480 e. The van der Waals surface area contributed by atoms with Gasteiger partial charge < -0.3 is 14.7 Å². The molecule has 1 aromatic rings. The van der Waals surface area contributed by atoms with Crippen LogP contribution in [-0.4, -0.2) is 54.1 Å². The molecule has 0 unspecified atom stereocenters. The summed E-state index contributed by atoms with van der Waals surface area (Å²) in [4.78, 5) is 14.2. The molecule has 0 bridgehead atoms. The molecule has 21 heavy (non-hydrogen) atoms. The number of carbonyl (C=O) groups is 1. The van der Waals surface area contributed by atoms with Gasteiger partial charge in [-0.25, -0.2) is 4.79 Å². The Morgan fingerprint density at radius 1 is 1.33 bits per heavy atom. The number of piperidine rings is 1. The van der Waals surface area contributed by atoms with Gasteiger partial charge in [0.15, 0.2) is 0 Å². The Bertz CT molecular complexity index is 441. The van der Waals surface area contributed by atoms with Crippen LogP contribution in [0.4, 0.5) is 0 Å². The largest absolute Gasteiger partial charge is 0.480 e. The number of ether oxygens (including phenoxy) is 1. The van der Waals surface area contributed by atoms with Crippen molar-refractivity contribution in [3.63, 3.8) is 0 Å². The van der Waals surface area contributed by atoms with Crippen LogP contribution in [0.5, 0.6) is 0 Å². The van der Waals surface area contributed by atoms with Crippen molar-refractivity contribution in [1.82, 2.24) is 4.90 Å². The third-order valence-electron chi connectivity index (χ3n) is 3.67. The highest BCUT2D eigenvalue weighted by Crippen LogP contribution is 2.19. The summed E-state index contributed by atoms with van der Waals surface area (Å²) in [7, 11) is 0. The summed E-state index contributed by atoms with van der Waals surface area (Å²) in [6.07, 6.45) is 1.98. The van der Waals surface area contributed by atoms with Gasteiger partial charge >= 0.3 is 5.97 Å². The molecule has 116 valence electrons. The highest BCUT2D eigenvalue weighted by Gasteiger charge is 2.19. The summed E-state index contributed by atoms with van der Waals surface area (Å²) >= 11 is 1.89. The smallest absolute Gasteiger partial charge is 0.329 e. The predicted octanol–water partition coefficient (Wildman–Crippen LogP) is 2.65. The third kappa shape index (κ3) is 6.08. The van der Waals surface area contributed by atoms with Crippen LogP contribution in [0.3, 0.4) is 0 Å². The molecule has 2 rings (SSSR count). The van der Waals surface area contributed by atoms with Crippen LogP contribution in [0.2, 0.25) is 0 Å². The first-order chi connectivity index (χ1) is 10.1. The number of likely N-dealkylation sites (tertiary alicyclic amines) is 1. The van der Waals surface area contributed by atoms with Gasteiger partial charge in [0, 0.05) is 30.3 Å². The molecule has 1 heterocycles. The molecule has 1 aromatic carbocycles. The summed E-state index contributed by atoms with van der Waals surface area (Å²) in [5, 5.41) is 8.60. The van der Waals surface area contributed by atoms with Gasteiger partial charge in [-0.15, -0.1) is 11.8 Å². The van der Waals surface area contributed by atoms with Crippen molar-refractivity contribution in [2.45, 2.75) is 30.8 Å². The number of carboxylic acid groups (broad SMARTS) is 1. The Kier molecular flexibility index (Phi) is 6.54. The molecule has 0 radical (unpaired) electrons. The van der Waals surface area contributed by atoms with Gasteiger partial charge in [-0.1, -0.05) is 17.7 Å². The molecule has 1 N–H and O–H groups in total. The Hall–Kier alpha value is -1.04. The summed E-state index contributed by atoms with van der Waals surface area (Å²) < 4.78 is 5.35.